The molecule has 2 aliphatic rings. The molecular weight excluding hydrogens is 456 g/mol. The smallest absolute Gasteiger partial charge is 0.323 e. The average molecular weight is 489 g/mol. The molecule has 9 nitrogen and oxygen atoms in total. The van der Waals surface area contributed by atoms with Crippen molar-refractivity contribution in [3.8, 4) is 11.4 Å². The third-order valence-corrected chi connectivity index (χ3v) is 6.44. The van der Waals surface area contributed by atoms with E-state index in [1.165, 1.54) is 0 Å². The van der Waals surface area contributed by atoms with Crippen molar-refractivity contribution in [3.63, 3.8) is 0 Å². The number of rotatable bonds is 6. The van der Waals surface area contributed by atoms with Crippen LogP contribution < -0.4 is 15.5 Å². The third-order valence-electron chi connectivity index (χ3n) is 6.44. The Morgan fingerprint density at radius 1 is 0.833 bits per heavy atom. The van der Waals surface area contributed by atoms with E-state index in [0.717, 1.165) is 74.3 Å². The van der Waals surface area contributed by atoms with E-state index in [-0.39, 0.29) is 6.03 Å². The number of benzene rings is 2. The zero-order valence-corrected chi connectivity index (χ0v) is 20.6. The number of urea groups is 1. The molecule has 36 heavy (non-hydrogen) atoms. The number of hydrogen-bond acceptors (Lipinski definition) is 7. The van der Waals surface area contributed by atoms with Gasteiger partial charge in [-0.25, -0.2) is 14.8 Å². The van der Waals surface area contributed by atoms with Gasteiger partial charge in [0.15, 0.2) is 5.82 Å². The van der Waals surface area contributed by atoms with Gasteiger partial charge < -0.3 is 25.0 Å². The second-order valence-corrected chi connectivity index (χ2v) is 8.95. The van der Waals surface area contributed by atoms with Gasteiger partial charge in [-0.2, -0.15) is 0 Å². The van der Waals surface area contributed by atoms with Crippen LogP contribution in [-0.2, 0) is 16.0 Å². The molecule has 2 fully saturated rings. The predicted molar refractivity (Wildman–Crippen MR) is 140 cm³/mol. The number of nitrogens with zero attached hydrogens (tertiary/aromatic N) is 4. The molecule has 9 heteroatoms. The van der Waals surface area contributed by atoms with Crippen LogP contribution in [0.15, 0.2) is 54.6 Å². The monoisotopic (exact) mass is 488 g/mol. The standard InChI is InChI=1S/C27H32N6O3/c1-20-24(19-32-11-15-35-16-12-32)30-25(31-26(20)33-13-17-36-18-14-33)21-7-9-23(10-8-21)29-27(34)28-22-5-3-2-4-6-22/h2-10H,11-19H2,1H3,(H2,28,29,34). The molecule has 0 atom stereocenters. The molecule has 0 bridgehead atoms. The van der Waals surface area contributed by atoms with E-state index in [0.29, 0.717) is 24.7 Å². The van der Waals surface area contributed by atoms with Gasteiger partial charge >= 0.3 is 6.03 Å². The van der Waals surface area contributed by atoms with E-state index < -0.39 is 0 Å². The highest BCUT2D eigenvalue weighted by Gasteiger charge is 2.21. The second kappa shape index (κ2) is 11.5. The molecule has 0 radical (unpaired) electrons. The largest absolute Gasteiger partial charge is 0.379 e. The minimum Gasteiger partial charge on any atom is -0.379 e. The van der Waals surface area contributed by atoms with Crippen LogP contribution >= 0.6 is 0 Å². The number of nitrogens with one attached hydrogen (secondary N) is 2. The first-order valence-corrected chi connectivity index (χ1v) is 12.4. The summed E-state index contributed by atoms with van der Waals surface area (Å²) < 4.78 is 11.1. The minimum atomic E-state index is -0.289. The molecule has 5 rings (SSSR count). The third kappa shape index (κ3) is 5.99. The minimum absolute atomic E-state index is 0.289. The van der Waals surface area contributed by atoms with Gasteiger partial charge in [0.25, 0.3) is 0 Å². The Morgan fingerprint density at radius 2 is 1.44 bits per heavy atom. The first kappa shape index (κ1) is 24.2. The molecule has 3 heterocycles. The van der Waals surface area contributed by atoms with Crippen molar-refractivity contribution in [1.29, 1.82) is 0 Å². The van der Waals surface area contributed by atoms with E-state index in [9.17, 15) is 4.79 Å². The lowest BCUT2D eigenvalue weighted by atomic mass is 10.1. The lowest BCUT2D eigenvalue weighted by Gasteiger charge is -2.31. The van der Waals surface area contributed by atoms with Crippen LogP contribution in [-0.4, -0.2) is 73.5 Å². The van der Waals surface area contributed by atoms with Gasteiger partial charge in [0.2, 0.25) is 0 Å². The number of para-hydroxylation sites is 1. The van der Waals surface area contributed by atoms with Crippen molar-refractivity contribution in [2.24, 2.45) is 0 Å². The maximum Gasteiger partial charge on any atom is 0.323 e. The fourth-order valence-corrected chi connectivity index (χ4v) is 4.40. The summed E-state index contributed by atoms with van der Waals surface area (Å²) >= 11 is 0. The van der Waals surface area contributed by atoms with E-state index in [2.05, 4.69) is 27.4 Å². The van der Waals surface area contributed by atoms with E-state index >= 15 is 0 Å². The SMILES string of the molecule is Cc1c(CN2CCOCC2)nc(-c2ccc(NC(=O)Nc3ccccc3)cc2)nc1N1CCOCC1. The normalized spacial score (nSPS) is 16.5. The molecule has 0 saturated carbocycles. The summed E-state index contributed by atoms with van der Waals surface area (Å²) in [5, 5.41) is 5.70. The summed E-state index contributed by atoms with van der Waals surface area (Å²) in [6, 6.07) is 16.7. The number of morpholine rings is 2. The van der Waals surface area contributed by atoms with Crippen LogP contribution in [0.1, 0.15) is 11.3 Å². The van der Waals surface area contributed by atoms with Crippen molar-refractivity contribution >= 4 is 23.2 Å². The topological polar surface area (TPSA) is 91.8 Å². The van der Waals surface area contributed by atoms with Crippen LogP contribution in [0, 0.1) is 6.92 Å². The van der Waals surface area contributed by atoms with Crippen molar-refractivity contribution in [3.05, 3.63) is 65.9 Å². The van der Waals surface area contributed by atoms with E-state index in [1.54, 1.807) is 0 Å². The van der Waals surface area contributed by atoms with Crippen molar-refractivity contribution in [2.45, 2.75) is 13.5 Å². The molecular formula is C27H32N6O3. The molecule has 2 saturated heterocycles. The van der Waals surface area contributed by atoms with Gasteiger partial charge in [-0.15, -0.1) is 0 Å². The molecule has 0 spiro atoms. The van der Waals surface area contributed by atoms with Crippen LogP contribution in [0.4, 0.5) is 22.0 Å². The number of carbonyl (C=O) groups excluding carboxylic acids is 1. The maximum absolute atomic E-state index is 12.4. The quantitative estimate of drug-likeness (QED) is 0.546. The Balaban J connectivity index is 1.37. The van der Waals surface area contributed by atoms with Gasteiger partial charge in [-0.05, 0) is 43.3 Å². The van der Waals surface area contributed by atoms with Gasteiger partial charge in [0, 0.05) is 55.2 Å². The average Bonchev–Trinajstić information content (AvgIpc) is 2.92. The summed E-state index contributed by atoms with van der Waals surface area (Å²) in [6.07, 6.45) is 0. The van der Waals surface area contributed by atoms with Crippen LogP contribution in [0.5, 0.6) is 0 Å². The van der Waals surface area contributed by atoms with Gasteiger partial charge in [0.05, 0.1) is 32.1 Å². The van der Waals surface area contributed by atoms with E-state index in [4.69, 9.17) is 19.4 Å². The summed E-state index contributed by atoms with van der Waals surface area (Å²) in [6.45, 7) is 9.20. The summed E-state index contributed by atoms with van der Waals surface area (Å²) in [4.78, 5) is 27.0. The highest BCUT2D eigenvalue weighted by Crippen LogP contribution is 2.27. The van der Waals surface area contributed by atoms with Gasteiger partial charge in [-0.3, -0.25) is 4.90 Å². The number of ether oxygens (including phenoxy) is 2. The fraction of sp³-hybridized carbons (Fsp3) is 0.370. The van der Waals surface area contributed by atoms with Gasteiger partial charge in [-0.1, -0.05) is 18.2 Å². The molecule has 2 amide bonds. The Kier molecular flexibility index (Phi) is 7.70. The Hall–Kier alpha value is -3.53. The van der Waals surface area contributed by atoms with Gasteiger partial charge in [0.1, 0.15) is 5.82 Å². The molecule has 3 aromatic rings. The number of aromatic nitrogens is 2. The second-order valence-electron chi connectivity index (χ2n) is 8.95. The predicted octanol–water partition coefficient (Wildman–Crippen LogP) is 3.76. The lowest BCUT2D eigenvalue weighted by Crippen LogP contribution is -2.38. The highest BCUT2D eigenvalue weighted by atomic mass is 16.5. The molecule has 0 aliphatic carbocycles. The van der Waals surface area contributed by atoms with Crippen molar-refractivity contribution in [1.82, 2.24) is 14.9 Å². The van der Waals surface area contributed by atoms with Crippen LogP contribution in [0.25, 0.3) is 11.4 Å². The Labute approximate surface area is 211 Å². The summed E-state index contributed by atoms with van der Waals surface area (Å²) in [5.41, 5.74) is 4.49. The molecule has 188 valence electrons. The molecule has 2 aromatic carbocycles. The molecule has 2 N–H and O–H groups in total. The van der Waals surface area contributed by atoms with Crippen LogP contribution in [0.2, 0.25) is 0 Å². The summed E-state index contributed by atoms with van der Waals surface area (Å²) in [7, 11) is 0. The highest BCUT2D eigenvalue weighted by molar-refractivity contribution is 5.99. The summed E-state index contributed by atoms with van der Waals surface area (Å²) in [5.74, 6) is 1.65. The first-order chi connectivity index (χ1) is 17.7. The van der Waals surface area contributed by atoms with Crippen molar-refractivity contribution in [2.75, 3.05) is 68.1 Å². The Morgan fingerprint density at radius 3 is 2.11 bits per heavy atom. The molecule has 2 aliphatic heterocycles. The van der Waals surface area contributed by atoms with Crippen LogP contribution in [0.3, 0.4) is 0 Å². The van der Waals surface area contributed by atoms with Crippen molar-refractivity contribution < 1.29 is 14.3 Å². The Bertz CT molecular complexity index is 1160. The zero-order valence-electron chi connectivity index (χ0n) is 20.6. The molecule has 1 aromatic heterocycles. The zero-order chi connectivity index (χ0) is 24.7. The number of anilines is 3. The van der Waals surface area contributed by atoms with E-state index in [1.807, 2.05) is 54.6 Å². The first-order valence-electron chi connectivity index (χ1n) is 12.4. The number of amides is 2. The number of carbonyl (C=O) groups is 1. The number of hydrogen-bond donors (Lipinski definition) is 2. The fourth-order valence-electron chi connectivity index (χ4n) is 4.40. The maximum atomic E-state index is 12.4. The lowest BCUT2D eigenvalue weighted by molar-refractivity contribution is 0.0335. The molecule has 0 unspecified atom stereocenters.